The number of hydrogen-bond acceptors (Lipinski definition) is 6. The molecule has 0 atom stereocenters. The van der Waals surface area contributed by atoms with E-state index < -0.39 is 11.8 Å². The molecule has 2 amide bonds. The molecule has 3 N–H and O–H groups in total. The van der Waals surface area contributed by atoms with Gasteiger partial charge in [0, 0.05) is 22.6 Å². The quantitative estimate of drug-likeness (QED) is 0.397. The van der Waals surface area contributed by atoms with E-state index in [-0.39, 0.29) is 29.0 Å². The lowest BCUT2D eigenvalue weighted by molar-refractivity contribution is -0.123. The van der Waals surface area contributed by atoms with E-state index >= 15 is 0 Å². The number of anilines is 1. The Kier molecular flexibility index (Phi) is 7.57. The third kappa shape index (κ3) is 5.93. The van der Waals surface area contributed by atoms with E-state index in [9.17, 15) is 14.0 Å². The number of hydrogen-bond donors (Lipinski definition) is 3. The first kappa shape index (κ1) is 24.6. The second-order valence-electron chi connectivity index (χ2n) is 7.75. The van der Waals surface area contributed by atoms with Crippen LogP contribution in [0.1, 0.15) is 40.3 Å². The summed E-state index contributed by atoms with van der Waals surface area (Å²) in [7, 11) is 0. The van der Waals surface area contributed by atoms with Crippen LogP contribution < -0.4 is 21.0 Å². The molecule has 1 aromatic heterocycles. The molecule has 11 heteroatoms. The topological polar surface area (TPSA) is 105 Å². The number of amides is 2. The van der Waals surface area contributed by atoms with Crippen LogP contribution in [0.25, 0.3) is 0 Å². The number of aryl methyl sites for hydroxylation is 1. The predicted octanol–water partition coefficient (Wildman–Crippen LogP) is 5.03. The summed E-state index contributed by atoms with van der Waals surface area (Å²) in [6.07, 6.45) is 2.14. The fraction of sp³-hybridized carbons (Fsp3) is 0.208. The number of furan rings is 1. The highest BCUT2D eigenvalue weighted by molar-refractivity contribution is 6.35. The lowest BCUT2D eigenvalue weighted by atomic mass is 9.93. The summed E-state index contributed by atoms with van der Waals surface area (Å²) in [5.41, 5.74) is 10.3. The second kappa shape index (κ2) is 10.8. The zero-order valence-electron chi connectivity index (χ0n) is 18.6. The van der Waals surface area contributed by atoms with Gasteiger partial charge in [-0.15, -0.1) is 0 Å². The fourth-order valence-electron chi connectivity index (χ4n) is 3.61. The number of nitrogens with one attached hydrogen (secondary N) is 3. The summed E-state index contributed by atoms with van der Waals surface area (Å²) in [6, 6.07) is 10.4. The van der Waals surface area contributed by atoms with Gasteiger partial charge in [0.1, 0.15) is 17.3 Å². The molecule has 3 aromatic rings. The second-order valence-corrected chi connectivity index (χ2v) is 8.59. The van der Waals surface area contributed by atoms with Crippen molar-refractivity contribution in [3.05, 3.63) is 81.0 Å². The van der Waals surface area contributed by atoms with E-state index in [1.54, 1.807) is 25.1 Å². The average molecular weight is 519 g/mol. The van der Waals surface area contributed by atoms with Gasteiger partial charge >= 0.3 is 5.91 Å². The molecule has 0 spiro atoms. The average Bonchev–Trinajstić information content (AvgIpc) is 3.18. The smallest absolute Gasteiger partial charge is 0.305 e. The van der Waals surface area contributed by atoms with E-state index in [2.05, 4.69) is 21.4 Å². The number of hydrazine groups is 1. The molecule has 8 nitrogen and oxygen atoms in total. The normalized spacial score (nSPS) is 13.8. The molecule has 0 fully saturated rings. The third-order valence-electron chi connectivity index (χ3n) is 5.26. The first-order valence-electron chi connectivity index (χ1n) is 10.7. The van der Waals surface area contributed by atoms with E-state index in [0.29, 0.717) is 34.9 Å². The van der Waals surface area contributed by atoms with Crippen molar-refractivity contribution < 1.29 is 23.1 Å². The third-order valence-corrected chi connectivity index (χ3v) is 5.79. The Balaban J connectivity index is 1.38. The number of benzene rings is 2. The molecule has 1 aliphatic carbocycles. The van der Waals surface area contributed by atoms with E-state index in [1.165, 1.54) is 24.3 Å². The minimum absolute atomic E-state index is 0.0772. The van der Waals surface area contributed by atoms with Gasteiger partial charge in [-0.05, 0) is 62.2 Å². The number of ether oxygens (including phenoxy) is 1. The van der Waals surface area contributed by atoms with Crippen LogP contribution in [0.5, 0.6) is 5.75 Å². The van der Waals surface area contributed by atoms with Crippen molar-refractivity contribution in [2.24, 2.45) is 5.10 Å². The molecule has 4 rings (SSSR count). The van der Waals surface area contributed by atoms with Crippen LogP contribution >= 0.6 is 23.2 Å². The maximum absolute atomic E-state index is 13.1. The van der Waals surface area contributed by atoms with Crippen LogP contribution in [-0.4, -0.2) is 24.1 Å². The number of carbonyl (C=O) groups is 2. The molecule has 35 heavy (non-hydrogen) atoms. The SMILES string of the molecule is Cc1c(C(=O)NNC(=O)COc2ccc(Cl)cc2Cl)oc2c1/C(=N/Nc1ccc(F)cc1)CCC2. The number of carbonyl (C=O) groups excluding carboxylic acids is 2. The van der Waals surface area contributed by atoms with Crippen LogP contribution in [0.2, 0.25) is 10.0 Å². The molecule has 0 unspecified atom stereocenters. The summed E-state index contributed by atoms with van der Waals surface area (Å²) < 4.78 is 24.3. The molecule has 2 aromatic carbocycles. The van der Waals surface area contributed by atoms with Gasteiger partial charge < -0.3 is 9.15 Å². The largest absolute Gasteiger partial charge is 0.482 e. The van der Waals surface area contributed by atoms with E-state index in [4.69, 9.17) is 32.4 Å². The maximum atomic E-state index is 13.1. The highest BCUT2D eigenvalue weighted by Crippen LogP contribution is 2.30. The van der Waals surface area contributed by atoms with Gasteiger partial charge in [0.25, 0.3) is 5.91 Å². The van der Waals surface area contributed by atoms with Crippen LogP contribution in [0, 0.1) is 12.7 Å². The lowest BCUT2D eigenvalue weighted by Crippen LogP contribution is -2.43. The first-order valence-corrected chi connectivity index (χ1v) is 11.4. The van der Waals surface area contributed by atoms with Gasteiger partial charge in [0.2, 0.25) is 0 Å². The molecule has 0 saturated carbocycles. The maximum Gasteiger partial charge on any atom is 0.305 e. The van der Waals surface area contributed by atoms with Gasteiger partial charge in [-0.25, -0.2) is 4.39 Å². The molecule has 0 saturated heterocycles. The zero-order valence-corrected chi connectivity index (χ0v) is 20.1. The van der Waals surface area contributed by atoms with E-state index in [0.717, 1.165) is 17.7 Å². The van der Waals surface area contributed by atoms with Crippen molar-refractivity contribution in [1.29, 1.82) is 0 Å². The van der Waals surface area contributed by atoms with Crippen LogP contribution in [-0.2, 0) is 11.2 Å². The standard InChI is InChI=1S/C24H21Cl2FN4O4/c1-13-22-18(29-28-16-8-6-15(27)7-9-16)3-2-4-20(22)35-23(13)24(33)31-30-21(32)12-34-19-10-5-14(25)11-17(19)26/h5-11,28H,2-4,12H2,1H3,(H,30,32)(H,31,33)/b29-18+. The number of halogens is 3. The predicted molar refractivity (Wildman–Crippen MR) is 131 cm³/mol. The van der Waals surface area contributed by atoms with Crippen molar-refractivity contribution in [2.45, 2.75) is 26.2 Å². The molecule has 0 aliphatic heterocycles. The van der Waals surface area contributed by atoms with Crippen molar-refractivity contribution in [3.63, 3.8) is 0 Å². The Hall–Kier alpha value is -3.56. The number of rotatable bonds is 6. The van der Waals surface area contributed by atoms with Crippen LogP contribution in [0.4, 0.5) is 10.1 Å². The molecular formula is C24H21Cl2FN4O4. The molecule has 1 aliphatic rings. The summed E-state index contributed by atoms with van der Waals surface area (Å²) in [5, 5.41) is 5.15. The highest BCUT2D eigenvalue weighted by atomic mass is 35.5. The van der Waals surface area contributed by atoms with Crippen molar-refractivity contribution in [1.82, 2.24) is 10.9 Å². The van der Waals surface area contributed by atoms with Gasteiger partial charge in [-0.2, -0.15) is 5.10 Å². The van der Waals surface area contributed by atoms with Crippen LogP contribution in [0.15, 0.2) is 52.0 Å². The van der Waals surface area contributed by atoms with Crippen molar-refractivity contribution in [3.8, 4) is 5.75 Å². The zero-order chi connectivity index (χ0) is 24.9. The van der Waals surface area contributed by atoms with Crippen molar-refractivity contribution >= 4 is 46.4 Å². The number of hydrazone groups is 1. The minimum Gasteiger partial charge on any atom is -0.482 e. The fourth-order valence-corrected chi connectivity index (χ4v) is 4.07. The molecular weight excluding hydrogens is 498 g/mol. The van der Waals surface area contributed by atoms with Gasteiger partial charge in [-0.1, -0.05) is 23.2 Å². The van der Waals surface area contributed by atoms with Gasteiger partial charge in [0.15, 0.2) is 12.4 Å². The number of fused-ring (bicyclic) bond motifs is 1. The van der Waals surface area contributed by atoms with Crippen molar-refractivity contribution in [2.75, 3.05) is 12.0 Å². The molecule has 182 valence electrons. The molecule has 1 heterocycles. The summed E-state index contributed by atoms with van der Waals surface area (Å²) in [6.45, 7) is 1.38. The van der Waals surface area contributed by atoms with Crippen LogP contribution in [0.3, 0.4) is 0 Å². The number of nitrogens with zero attached hydrogens (tertiary/aromatic N) is 1. The van der Waals surface area contributed by atoms with E-state index in [1.807, 2.05) is 0 Å². The molecule has 0 bridgehead atoms. The summed E-state index contributed by atoms with van der Waals surface area (Å²) in [5.74, 6) is -0.534. The Morgan fingerprint density at radius 2 is 1.89 bits per heavy atom. The Morgan fingerprint density at radius 1 is 1.11 bits per heavy atom. The summed E-state index contributed by atoms with van der Waals surface area (Å²) in [4.78, 5) is 24.8. The Bertz CT molecular complexity index is 1290. The first-order chi connectivity index (χ1) is 16.8. The lowest BCUT2D eigenvalue weighted by Gasteiger charge is -2.13. The summed E-state index contributed by atoms with van der Waals surface area (Å²) >= 11 is 11.8. The Labute approximate surface area is 210 Å². The monoisotopic (exact) mass is 518 g/mol. The molecule has 0 radical (unpaired) electrons. The minimum atomic E-state index is -0.611. The highest BCUT2D eigenvalue weighted by Gasteiger charge is 2.28. The van der Waals surface area contributed by atoms with Gasteiger partial charge in [-0.3, -0.25) is 25.9 Å². The Morgan fingerprint density at radius 3 is 2.63 bits per heavy atom. The van der Waals surface area contributed by atoms with Gasteiger partial charge in [0.05, 0.1) is 16.4 Å².